The lowest BCUT2D eigenvalue weighted by Gasteiger charge is -2.32. The van der Waals surface area contributed by atoms with Crippen molar-refractivity contribution in [3.8, 4) is 0 Å². The van der Waals surface area contributed by atoms with Crippen LogP contribution < -0.4 is 5.32 Å². The molecule has 154 valence electrons. The van der Waals surface area contributed by atoms with Gasteiger partial charge in [0, 0.05) is 40.6 Å². The third-order valence-corrected chi connectivity index (χ3v) is 5.69. The van der Waals surface area contributed by atoms with Gasteiger partial charge in [0.25, 0.3) is 5.69 Å². The molecule has 1 aliphatic carbocycles. The van der Waals surface area contributed by atoms with Crippen molar-refractivity contribution in [2.24, 2.45) is 10.9 Å². The Bertz CT molecular complexity index is 899. The first-order valence-electron chi connectivity index (χ1n) is 9.73. The van der Waals surface area contributed by atoms with Gasteiger partial charge in [-0.1, -0.05) is 31.0 Å². The molecular weight excluding hydrogens is 374 g/mol. The van der Waals surface area contributed by atoms with Crippen LogP contribution in [0.2, 0.25) is 0 Å². The number of hydrogen-bond acceptors (Lipinski definition) is 6. The number of rotatable bonds is 5. The molecule has 0 saturated heterocycles. The molecule has 1 aliphatic heterocycles. The molecule has 0 spiro atoms. The van der Waals surface area contributed by atoms with Crippen molar-refractivity contribution in [3.63, 3.8) is 0 Å². The zero-order chi connectivity index (χ0) is 21.1. The minimum Gasteiger partial charge on any atom is -0.468 e. The van der Waals surface area contributed by atoms with Crippen LogP contribution in [0, 0.1) is 16.0 Å². The molecular formula is C21H25N3O5. The number of hydrogen-bond donors (Lipinski definition) is 1. The lowest BCUT2D eigenvalue weighted by molar-refractivity contribution is -0.385. The van der Waals surface area contributed by atoms with E-state index in [9.17, 15) is 19.7 Å². The van der Waals surface area contributed by atoms with Crippen LogP contribution >= 0.6 is 0 Å². The largest absolute Gasteiger partial charge is 0.468 e. The lowest BCUT2D eigenvalue weighted by atomic mass is 9.74. The summed E-state index contributed by atoms with van der Waals surface area (Å²) in [6.07, 6.45) is 3.91. The first kappa shape index (κ1) is 20.7. The molecule has 8 nitrogen and oxygen atoms in total. The molecule has 3 rings (SSSR count). The van der Waals surface area contributed by atoms with Gasteiger partial charge >= 0.3 is 5.97 Å². The van der Waals surface area contributed by atoms with Gasteiger partial charge in [0.15, 0.2) is 0 Å². The van der Waals surface area contributed by atoms with Gasteiger partial charge in [-0.2, -0.15) is 0 Å². The number of benzene rings is 1. The number of nitrogens with zero attached hydrogens (tertiary/aromatic N) is 2. The quantitative estimate of drug-likeness (QED) is 0.464. The third kappa shape index (κ3) is 4.06. The van der Waals surface area contributed by atoms with Crippen LogP contribution in [0.3, 0.4) is 0 Å². The summed E-state index contributed by atoms with van der Waals surface area (Å²) in [6.45, 7) is 3.38. The van der Waals surface area contributed by atoms with E-state index in [-0.39, 0.29) is 23.2 Å². The highest BCUT2D eigenvalue weighted by Gasteiger charge is 2.44. The molecule has 1 aromatic rings. The summed E-state index contributed by atoms with van der Waals surface area (Å²) in [5, 5.41) is 14.7. The van der Waals surface area contributed by atoms with Gasteiger partial charge in [-0.25, -0.2) is 0 Å². The highest BCUT2D eigenvalue weighted by Crippen LogP contribution is 2.43. The Hall–Kier alpha value is -3.03. The van der Waals surface area contributed by atoms with Crippen molar-refractivity contribution in [2.45, 2.75) is 51.5 Å². The average molecular weight is 399 g/mol. The second-order valence-electron chi connectivity index (χ2n) is 7.50. The lowest BCUT2D eigenvalue weighted by Crippen LogP contribution is -2.41. The normalized spacial score (nSPS) is 22.2. The Morgan fingerprint density at radius 1 is 1.21 bits per heavy atom. The first-order valence-corrected chi connectivity index (χ1v) is 9.73. The maximum Gasteiger partial charge on any atom is 0.315 e. The van der Waals surface area contributed by atoms with Crippen LogP contribution in [0.15, 0.2) is 40.5 Å². The summed E-state index contributed by atoms with van der Waals surface area (Å²) in [6, 6.07) is 6.27. The number of nitro groups is 1. The van der Waals surface area contributed by atoms with E-state index < -0.39 is 22.7 Å². The molecule has 1 fully saturated rings. The number of carbonyl (C=O) groups is 2. The Labute approximate surface area is 169 Å². The van der Waals surface area contributed by atoms with Crippen LogP contribution in [-0.4, -0.2) is 35.7 Å². The fourth-order valence-electron chi connectivity index (χ4n) is 4.35. The van der Waals surface area contributed by atoms with Crippen LogP contribution in [0.4, 0.5) is 5.69 Å². The number of allylic oxidation sites excluding steroid dienone is 1. The van der Waals surface area contributed by atoms with Gasteiger partial charge in [0.1, 0.15) is 5.92 Å². The van der Waals surface area contributed by atoms with E-state index in [0.717, 1.165) is 25.7 Å². The summed E-state index contributed by atoms with van der Waals surface area (Å²) in [7, 11) is 1.26. The van der Waals surface area contributed by atoms with Gasteiger partial charge in [-0.3, -0.25) is 24.7 Å². The van der Waals surface area contributed by atoms with Gasteiger partial charge in [-0.15, -0.1) is 0 Å². The SMILES string of the molecule is COC(=O)C1C(C)=NC(C)=C(C(=O)NC2CCCC2)C1c1ccccc1[N+](=O)[O-]. The van der Waals surface area contributed by atoms with E-state index in [1.54, 1.807) is 32.0 Å². The summed E-state index contributed by atoms with van der Waals surface area (Å²) in [4.78, 5) is 41.5. The smallest absolute Gasteiger partial charge is 0.315 e. The topological polar surface area (TPSA) is 111 Å². The number of esters is 1. The molecule has 2 atom stereocenters. The van der Waals surface area contributed by atoms with E-state index in [4.69, 9.17) is 4.74 Å². The Morgan fingerprint density at radius 2 is 1.86 bits per heavy atom. The molecule has 1 N–H and O–H groups in total. The second-order valence-corrected chi connectivity index (χ2v) is 7.50. The molecule has 1 saturated carbocycles. The predicted octanol–water partition coefficient (Wildman–Crippen LogP) is 3.27. The monoisotopic (exact) mass is 399 g/mol. The molecule has 0 aromatic heterocycles. The molecule has 0 bridgehead atoms. The molecule has 0 radical (unpaired) electrons. The number of para-hydroxylation sites is 1. The fourth-order valence-corrected chi connectivity index (χ4v) is 4.35. The van der Waals surface area contributed by atoms with E-state index >= 15 is 0 Å². The van der Waals surface area contributed by atoms with E-state index in [1.807, 2.05) is 0 Å². The van der Waals surface area contributed by atoms with Gasteiger partial charge in [0.2, 0.25) is 5.91 Å². The van der Waals surface area contributed by atoms with Crippen molar-refractivity contribution in [1.82, 2.24) is 5.32 Å². The number of nitrogens with one attached hydrogen (secondary N) is 1. The van der Waals surface area contributed by atoms with Gasteiger partial charge in [-0.05, 0) is 26.7 Å². The van der Waals surface area contributed by atoms with Crippen molar-refractivity contribution < 1.29 is 19.2 Å². The van der Waals surface area contributed by atoms with E-state index in [2.05, 4.69) is 10.3 Å². The van der Waals surface area contributed by atoms with Crippen LogP contribution in [-0.2, 0) is 14.3 Å². The van der Waals surface area contributed by atoms with Gasteiger partial charge in [0.05, 0.1) is 12.0 Å². The Balaban J connectivity index is 2.14. The van der Waals surface area contributed by atoms with Crippen molar-refractivity contribution in [1.29, 1.82) is 0 Å². The van der Waals surface area contributed by atoms with Crippen molar-refractivity contribution in [3.05, 3.63) is 51.2 Å². The fraction of sp³-hybridized carbons (Fsp3) is 0.476. The van der Waals surface area contributed by atoms with E-state index in [0.29, 0.717) is 17.0 Å². The zero-order valence-electron chi connectivity index (χ0n) is 16.8. The Morgan fingerprint density at radius 3 is 2.48 bits per heavy atom. The highest BCUT2D eigenvalue weighted by molar-refractivity contribution is 6.08. The molecule has 29 heavy (non-hydrogen) atoms. The number of carbonyl (C=O) groups excluding carboxylic acids is 2. The predicted molar refractivity (Wildman–Crippen MR) is 108 cm³/mol. The summed E-state index contributed by atoms with van der Waals surface area (Å²) < 4.78 is 4.97. The van der Waals surface area contributed by atoms with Crippen LogP contribution in [0.25, 0.3) is 0 Å². The maximum absolute atomic E-state index is 13.2. The zero-order valence-corrected chi connectivity index (χ0v) is 16.8. The second kappa shape index (κ2) is 8.55. The minimum absolute atomic E-state index is 0.0674. The minimum atomic E-state index is -0.908. The van der Waals surface area contributed by atoms with E-state index in [1.165, 1.54) is 13.2 Å². The molecule has 1 aromatic carbocycles. The number of ether oxygens (including phenoxy) is 1. The van der Waals surface area contributed by atoms with Crippen molar-refractivity contribution in [2.75, 3.05) is 7.11 Å². The van der Waals surface area contributed by atoms with Crippen LogP contribution in [0.5, 0.6) is 0 Å². The molecule has 2 unspecified atom stereocenters. The van der Waals surface area contributed by atoms with Gasteiger partial charge < -0.3 is 10.1 Å². The molecule has 8 heteroatoms. The molecule has 2 aliphatic rings. The third-order valence-electron chi connectivity index (χ3n) is 5.69. The number of amides is 1. The molecule has 1 amide bonds. The number of methoxy groups -OCH3 is 1. The van der Waals surface area contributed by atoms with Crippen LogP contribution in [0.1, 0.15) is 51.0 Å². The van der Waals surface area contributed by atoms with Crippen molar-refractivity contribution >= 4 is 23.3 Å². The first-order chi connectivity index (χ1) is 13.8. The summed E-state index contributed by atoms with van der Waals surface area (Å²) in [5.74, 6) is -2.66. The summed E-state index contributed by atoms with van der Waals surface area (Å²) >= 11 is 0. The maximum atomic E-state index is 13.2. The summed E-state index contributed by atoms with van der Waals surface area (Å²) in [5.41, 5.74) is 1.38. The highest BCUT2D eigenvalue weighted by atomic mass is 16.6. The number of nitro benzene ring substituents is 1. The molecule has 1 heterocycles. The Kier molecular flexibility index (Phi) is 6.10. The number of aliphatic imine (C=N–C) groups is 1. The standard InChI is InChI=1S/C21H25N3O5/c1-12-17(20(25)23-14-8-4-5-9-14)19(18(13(2)22-12)21(26)29-3)15-10-6-7-11-16(15)24(27)28/h6-7,10-11,14,18-19H,4-5,8-9H2,1-3H3,(H,23,25). The average Bonchev–Trinajstić information content (AvgIpc) is 3.19.